The Morgan fingerprint density at radius 2 is 1.57 bits per heavy atom. The van der Waals surface area contributed by atoms with Gasteiger partial charge < -0.3 is 20.1 Å². The Balaban J connectivity index is 1.54. The molecule has 0 unspecified atom stereocenters. The maximum Gasteiger partial charge on any atom is 0.262 e. The lowest BCUT2D eigenvalue weighted by Gasteiger charge is -2.13. The molecule has 1 amide bonds. The number of benzene rings is 3. The van der Waals surface area contributed by atoms with Crippen molar-refractivity contribution in [3.8, 4) is 11.5 Å². The molecule has 0 aliphatic rings. The van der Waals surface area contributed by atoms with Crippen LogP contribution in [0.3, 0.4) is 0 Å². The molecule has 0 saturated carbocycles. The van der Waals surface area contributed by atoms with Gasteiger partial charge in [-0.3, -0.25) is 4.79 Å². The number of carbonyl (C=O) groups excluding carboxylic acids is 1. The summed E-state index contributed by atoms with van der Waals surface area (Å²) in [5.74, 6) is 1.14. The highest BCUT2D eigenvalue weighted by Gasteiger charge is 2.06. The van der Waals surface area contributed by atoms with Crippen molar-refractivity contribution in [3.05, 3.63) is 77.8 Å². The number of anilines is 3. The number of rotatable bonds is 8. The minimum atomic E-state index is -0.239. The van der Waals surface area contributed by atoms with E-state index in [1.807, 2.05) is 55.5 Å². The van der Waals surface area contributed by atoms with Gasteiger partial charge in [-0.2, -0.15) is 0 Å². The number of ether oxygens (including phenoxy) is 2. The zero-order valence-corrected chi connectivity index (χ0v) is 16.2. The fourth-order valence-corrected chi connectivity index (χ4v) is 2.65. The van der Waals surface area contributed by atoms with Crippen LogP contribution in [0, 0.1) is 0 Å². The van der Waals surface area contributed by atoms with Gasteiger partial charge in [0.1, 0.15) is 11.5 Å². The Morgan fingerprint density at radius 1 is 0.893 bits per heavy atom. The van der Waals surface area contributed by atoms with E-state index in [-0.39, 0.29) is 12.5 Å². The summed E-state index contributed by atoms with van der Waals surface area (Å²) in [4.78, 5) is 12.1. The summed E-state index contributed by atoms with van der Waals surface area (Å²) >= 11 is 5.82. The van der Waals surface area contributed by atoms with Crippen molar-refractivity contribution in [2.45, 2.75) is 6.92 Å². The van der Waals surface area contributed by atoms with Crippen LogP contribution in [0.15, 0.2) is 72.8 Å². The Bertz CT molecular complexity index is 912. The highest BCUT2D eigenvalue weighted by atomic mass is 35.5. The zero-order chi connectivity index (χ0) is 19.8. The predicted molar refractivity (Wildman–Crippen MR) is 113 cm³/mol. The van der Waals surface area contributed by atoms with Crippen molar-refractivity contribution in [1.29, 1.82) is 0 Å². The smallest absolute Gasteiger partial charge is 0.262 e. The molecule has 3 aromatic rings. The molecule has 3 rings (SSSR count). The second kappa shape index (κ2) is 9.67. The number of amides is 1. The third kappa shape index (κ3) is 5.66. The third-order valence-electron chi connectivity index (χ3n) is 3.82. The molecule has 0 spiro atoms. The van der Waals surface area contributed by atoms with Gasteiger partial charge in [0.05, 0.1) is 12.3 Å². The Kier molecular flexibility index (Phi) is 6.76. The van der Waals surface area contributed by atoms with Crippen LogP contribution in [-0.2, 0) is 4.79 Å². The summed E-state index contributed by atoms with van der Waals surface area (Å²) in [6.07, 6.45) is 0. The quantitative estimate of drug-likeness (QED) is 0.527. The van der Waals surface area contributed by atoms with Crippen LogP contribution in [0.2, 0.25) is 5.02 Å². The van der Waals surface area contributed by atoms with E-state index in [9.17, 15) is 4.79 Å². The van der Waals surface area contributed by atoms with Crippen LogP contribution in [0.25, 0.3) is 0 Å². The maximum atomic E-state index is 12.1. The summed E-state index contributed by atoms with van der Waals surface area (Å²) in [5.41, 5.74) is 2.47. The minimum Gasteiger partial charge on any atom is -0.492 e. The molecule has 0 bridgehead atoms. The van der Waals surface area contributed by atoms with Crippen LogP contribution in [0.1, 0.15) is 6.92 Å². The molecular weight excluding hydrogens is 376 g/mol. The summed E-state index contributed by atoms with van der Waals surface area (Å²) in [5, 5.41) is 6.74. The first-order valence-corrected chi connectivity index (χ1v) is 9.29. The minimum absolute atomic E-state index is 0.0800. The van der Waals surface area contributed by atoms with Gasteiger partial charge in [0.25, 0.3) is 5.91 Å². The SMILES string of the molecule is CCOc1ccccc1Nc1ccc(NC(=O)COc2ccc(Cl)cc2)cc1. The molecule has 0 atom stereocenters. The first kappa shape index (κ1) is 19.6. The van der Waals surface area contributed by atoms with E-state index in [4.69, 9.17) is 21.1 Å². The second-order valence-electron chi connectivity index (χ2n) is 5.92. The van der Waals surface area contributed by atoms with Gasteiger partial charge in [-0.1, -0.05) is 23.7 Å². The van der Waals surface area contributed by atoms with Gasteiger partial charge in [0, 0.05) is 16.4 Å². The molecule has 0 heterocycles. The molecule has 144 valence electrons. The van der Waals surface area contributed by atoms with Gasteiger partial charge >= 0.3 is 0 Å². The van der Waals surface area contributed by atoms with Crippen LogP contribution in [0.5, 0.6) is 11.5 Å². The first-order valence-electron chi connectivity index (χ1n) is 8.91. The van der Waals surface area contributed by atoms with Crippen molar-refractivity contribution in [1.82, 2.24) is 0 Å². The van der Waals surface area contributed by atoms with Crippen LogP contribution < -0.4 is 20.1 Å². The van der Waals surface area contributed by atoms with Gasteiger partial charge in [0.2, 0.25) is 0 Å². The summed E-state index contributed by atoms with van der Waals surface area (Å²) in [6, 6.07) is 22.0. The standard InChI is InChI=1S/C22H21ClN2O3/c1-2-27-21-6-4-3-5-20(21)24-17-9-11-18(12-10-17)25-22(26)15-28-19-13-7-16(23)8-14-19/h3-14,24H,2,15H2,1H3,(H,25,26). The Morgan fingerprint density at radius 3 is 2.29 bits per heavy atom. The van der Waals surface area contributed by atoms with E-state index >= 15 is 0 Å². The molecule has 28 heavy (non-hydrogen) atoms. The Labute approximate surface area is 169 Å². The largest absolute Gasteiger partial charge is 0.492 e. The van der Waals surface area contributed by atoms with E-state index in [2.05, 4.69) is 10.6 Å². The number of halogens is 1. The van der Waals surface area contributed by atoms with Crippen molar-refractivity contribution in [2.24, 2.45) is 0 Å². The summed E-state index contributed by atoms with van der Waals surface area (Å²) < 4.78 is 11.1. The van der Waals surface area contributed by atoms with E-state index in [0.717, 1.165) is 17.1 Å². The normalized spacial score (nSPS) is 10.2. The maximum absolute atomic E-state index is 12.1. The average Bonchev–Trinajstić information content (AvgIpc) is 2.71. The predicted octanol–water partition coefficient (Wildman–Crippen LogP) is 5.50. The molecule has 0 fully saturated rings. The van der Waals surface area contributed by atoms with E-state index in [1.165, 1.54) is 0 Å². The first-order chi connectivity index (χ1) is 13.6. The second-order valence-corrected chi connectivity index (χ2v) is 6.36. The van der Waals surface area contributed by atoms with Gasteiger partial charge in [0.15, 0.2) is 6.61 Å². The molecule has 3 aromatic carbocycles. The topological polar surface area (TPSA) is 59.6 Å². The number of hydrogen-bond donors (Lipinski definition) is 2. The van der Waals surface area contributed by atoms with Crippen molar-refractivity contribution in [3.63, 3.8) is 0 Å². The summed E-state index contributed by atoms with van der Waals surface area (Å²) in [6.45, 7) is 2.47. The molecular formula is C22H21ClN2O3. The molecule has 0 aliphatic heterocycles. The monoisotopic (exact) mass is 396 g/mol. The summed E-state index contributed by atoms with van der Waals surface area (Å²) in [7, 11) is 0. The van der Waals surface area contributed by atoms with E-state index < -0.39 is 0 Å². The van der Waals surface area contributed by atoms with E-state index in [1.54, 1.807) is 24.3 Å². The fourth-order valence-electron chi connectivity index (χ4n) is 2.52. The number of nitrogens with one attached hydrogen (secondary N) is 2. The molecule has 0 radical (unpaired) electrons. The van der Waals surface area contributed by atoms with E-state index in [0.29, 0.717) is 23.1 Å². The highest BCUT2D eigenvalue weighted by molar-refractivity contribution is 6.30. The average molecular weight is 397 g/mol. The van der Waals surface area contributed by atoms with Crippen molar-refractivity contribution in [2.75, 3.05) is 23.8 Å². The molecule has 0 saturated heterocycles. The number of hydrogen-bond acceptors (Lipinski definition) is 4. The lowest BCUT2D eigenvalue weighted by Crippen LogP contribution is -2.20. The van der Waals surface area contributed by atoms with Crippen LogP contribution in [0.4, 0.5) is 17.1 Å². The van der Waals surface area contributed by atoms with Gasteiger partial charge in [-0.05, 0) is 67.6 Å². The lowest BCUT2D eigenvalue weighted by atomic mass is 10.2. The molecule has 6 heteroatoms. The van der Waals surface area contributed by atoms with Crippen molar-refractivity contribution >= 4 is 34.6 Å². The van der Waals surface area contributed by atoms with Gasteiger partial charge in [-0.15, -0.1) is 0 Å². The fraction of sp³-hybridized carbons (Fsp3) is 0.136. The number of para-hydroxylation sites is 2. The third-order valence-corrected chi connectivity index (χ3v) is 4.07. The Hall–Kier alpha value is -3.18. The lowest BCUT2D eigenvalue weighted by molar-refractivity contribution is -0.118. The zero-order valence-electron chi connectivity index (χ0n) is 15.4. The molecule has 0 aromatic heterocycles. The highest BCUT2D eigenvalue weighted by Crippen LogP contribution is 2.28. The molecule has 5 nitrogen and oxygen atoms in total. The van der Waals surface area contributed by atoms with Crippen molar-refractivity contribution < 1.29 is 14.3 Å². The van der Waals surface area contributed by atoms with Crippen LogP contribution in [-0.4, -0.2) is 19.1 Å². The van der Waals surface area contributed by atoms with Crippen LogP contribution >= 0.6 is 11.6 Å². The molecule has 0 aliphatic carbocycles. The number of carbonyl (C=O) groups is 1. The van der Waals surface area contributed by atoms with Gasteiger partial charge in [-0.25, -0.2) is 0 Å². The molecule has 2 N–H and O–H groups in total.